The summed E-state index contributed by atoms with van der Waals surface area (Å²) in [6.07, 6.45) is 3.79. The van der Waals surface area contributed by atoms with Crippen molar-refractivity contribution in [2.75, 3.05) is 5.32 Å². The van der Waals surface area contributed by atoms with Gasteiger partial charge in [-0.2, -0.15) is 0 Å². The van der Waals surface area contributed by atoms with Crippen LogP contribution in [0.4, 0.5) is 11.4 Å². The molecule has 0 aliphatic rings. The van der Waals surface area contributed by atoms with Crippen molar-refractivity contribution in [2.24, 2.45) is 0 Å². The summed E-state index contributed by atoms with van der Waals surface area (Å²) in [6, 6.07) is 16.3. The van der Waals surface area contributed by atoms with Gasteiger partial charge in [-0.05, 0) is 30.3 Å². The number of halogens is 1. The largest absolute Gasteiger partial charge is 0.487 e. The molecule has 0 saturated heterocycles. The van der Waals surface area contributed by atoms with Gasteiger partial charge in [0.25, 0.3) is 11.6 Å². The second-order valence-corrected chi connectivity index (χ2v) is 6.80. The number of non-ortho nitro benzene ring substituents is 1. The number of aromatic nitrogens is 2. The van der Waals surface area contributed by atoms with Crippen LogP contribution in [0.2, 0.25) is 5.02 Å². The fourth-order valence-corrected chi connectivity index (χ4v) is 3.14. The van der Waals surface area contributed by atoms with Gasteiger partial charge in [0.05, 0.1) is 21.2 Å². The highest BCUT2D eigenvalue weighted by molar-refractivity contribution is 6.34. The van der Waals surface area contributed by atoms with Crippen molar-refractivity contribution in [3.63, 3.8) is 0 Å². The van der Waals surface area contributed by atoms with Gasteiger partial charge in [0.2, 0.25) is 0 Å². The van der Waals surface area contributed by atoms with Gasteiger partial charge < -0.3 is 14.5 Å². The number of rotatable bonds is 6. The molecule has 1 amide bonds. The number of amides is 1. The SMILES string of the molecule is O=C(Nc1cccc(OCc2cn3ccccc3n2)c1)c1ccc([N+](=O)[O-])cc1Cl. The molecule has 0 spiro atoms. The Bertz CT molecular complexity index is 1220. The van der Waals surface area contributed by atoms with Crippen LogP contribution in [0.25, 0.3) is 5.65 Å². The molecule has 0 bridgehead atoms. The van der Waals surface area contributed by atoms with E-state index < -0.39 is 10.8 Å². The van der Waals surface area contributed by atoms with Crippen LogP contribution in [0.15, 0.2) is 73.1 Å². The summed E-state index contributed by atoms with van der Waals surface area (Å²) in [4.78, 5) is 27.2. The van der Waals surface area contributed by atoms with Gasteiger partial charge in [0.15, 0.2) is 0 Å². The zero-order valence-electron chi connectivity index (χ0n) is 15.5. The fourth-order valence-electron chi connectivity index (χ4n) is 2.88. The van der Waals surface area contributed by atoms with Crippen molar-refractivity contribution in [3.05, 3.63) is 99.5 Å². The number of hydrogen-bond acceptors (Lipinski definition) is 5. The lowest BCUT2D eigenvalue weighted by Gasteiger charge is -2.09. The van der Waals surface area contributed by atoms with Crippen LogP contribution in [0.5, 0.6) is 5.75 Å². The Morgan fingerprint density at radius 1 is 1.17 bits per heavy atom. The number of nitrogens with one attached hydrogen (secondary N) is 1. The third kappa shape index (κ3) is 4.23. The number of pyridine rings is 1. The first-order valence-corrected chi connectivity index (χ1v) is 9.28. The summed E-state index contributed by atoms with van der Waals surface area (Å²) in [5, 5.41) is 13.5. The highest BCUT2D eigenvalue weighted by Gasteiger charge is 2.15. The number of fused-ring (bicyclic) bond motifs is 1. The van der Waals surface area contributed by atoms with Crippen molar-refractivity contribution in [2.45, 2.75) is 6.61 Å². The topological polar surface area (TPSA) is 98.8 Å². The summed E-state index contributed by atoms with van der Waals surface area (Å²) in [5.74, 6) is 0.0760. The number of nitro groups is 1. The first kappa shape index (κ1) is 19.4. The number of ether oxygens (including phenoxy) is 1. The maximum atomic E-state index is 12.5. The van der Waals surface area contributed by atoms with Crippen molar-refractivity contribution in [1.82, 2.24) is 9.38 Å². The Balaban J connectivity index is 1.44. The van der Waals surface area contributed by atoms with E-state index in [4.69, 9.17) is 16.3 Å². The van der Waals surface area contributed by atoms with E-state index >= 15 is 0 Å². The molecule has 0 aliphatic heterocycles. The first-order valence-electron chi connectivity index (χ1n) is 8.90. The lowest BCUT2D eigenvalue weighted by Crippen LogP contribution is -2.12. The maximum Gasteiger partial charge on any atom is 0.270 e. The van der Waals surface area contributed by atoms with E-state index in [1.807, 2.05) is 35.0 Å². The Labute approximate surface area is 175 Å². The van der Waals surface area contributed by atoms with Crippen LogP contribution < -0.4 is 10.1 Å². The molecule has 8 nitrogen and oxygen atoms in total. The Morgan fingerprint density at radius 3 is 2.80 bits per heavy atom. The van der Waals surface area contributed by atoms with Crippen LogP contribution in [0.1, 0.15) is 16.1 Å². The molecule has 1 N–H and O–H groups in total. The Kier molecular flexibility index (Phi) is 5.32. The van der Waals surface area contributed by atoms with Crippen LogP contribution in [-0.4, -0.2) is 20.2 Å². The molecule has 0 fully saturated rings. The first-order chi connectivity index (χ1) is 14.5. The number of benzene rings is 2. The van der Waals surface area contributed by atoms with Crippen molar-refractivity contribution in [3.8, 4) is 5.75 Å². The molecule has 9 heteroatoms. The van der Waals surface area contributed by atoms with Crippen LogP contribution in [-0.2, 0) is 6.61 Å². The van der Waals surface area contributed by atoms with E-state index in [1.165, 1.54) is 12.1 Å². The molecule has 0 radical (unpaired) electrons. The van der Waals surface area contributed by atoms with Crippen molar-refractivity contribution >= 4 is 34.5 Å². The number of anilines is 1. The van der Waals surface area contributed by atoms with Gasteiger partial charge in [-0.1, -0.05) is 23.7 Å². The summed E-state index contributed by atoms with van der Waals surface area (Å²) >= 11 is 6.02. The standard InChI is InChI=1S/C21H15ClN4O4/c22-19-11-16(26(28)29)7-8-18(19)21(27)24-14-4-3-5-17(10-14)30-13-15-12-25-9-2-1-6-20(25)23-15/h1-12H,13H2,(H,24,27). The minimum absolute atomic E-state index is 0.000882. The highest BCUT2D eigenvalue weighted by Crippen LogP contribution is 2.24. The molecule has 30 heavy (non-hydrogen) atoms. The van der Waals surface area contributed by atoms with Gasteiger partial charge in [-0.15, -0.1) is 0 Å². The number of carbonyl (C=O) groups is 1. The minimum atomic E-state index is -0.572. The molecule has 0 saturated carbocycles. The van der Waals surface area contributed by atoms with Crippen LogP contribution in [0, 0.1) is 10.1 Å². The predicted octanol–water partition coefficient (Wildman–Crippen LogP) is 4.73. The van der Waals surface area contributed by atoms with Crippen LogP contribution >= 0.6 is 11.6 Å². The number of imidazole rings is 1. The minimum Gasteiger partial charge on any atom is -0.487 e. The van der Waals surface area contributed by atoms with Gasteiger partial charge in [-0.25, -0.2) is 4.98 Å². The summed E-state index contributed by atoms with van der Waals surface area (Å²) < 4.78 is 7.69. The third-order valence-corrected chi connectivity index (χ3v) is 4.61. The molecule has 4 aromatic rings. The number of carbonyl (C=O) groups excluding carboxylic acids is 1. The quantitative estimate of drug-likeness (QED) is 0.358. The van der Waals surface area contributed by atoms with Gasteiger partial charge in [0, 0.05) is 36.3 Å². The molecule has 0 atom stereocenters. The average molecular weight is 423 g/mol. The monoisotopic (exact) mass is 422 g/mol. The van der Waals surface area contributed by atoms with Crippen molar-refractivity contribution < 1.29 is 14.5 Å². The molecule has 150 valence electrons. The van der Waals surface area contributed by atoms with E-state index in [-0.39, 0.29) is 22.9 Å². The molecular formula is C21H15ClN4O4. The number of nitrogens with zero attached hydrogens (tertiary/aromatic N) is 3. The Hall–Kier alpha value is -3.91. The third-order valence-electron chi connectivity index (χ3n) is 4.30. The maximum absolute atomic E-state index is 12.5. The molecule has 2 aromatic heterocycles. The summed E-state index contributed by atoms with van der Waals surface area (Å²) in [6.45, 7) is 0.271. The predicted molar refractivity (Wildman–Crippen MR) is 112 cm³/mol. The van der Waals surface area contributed by atoms with Gasteiger partial charge in [0.1, 0.15) is 18.0 Å². The van der Waals surface area contributed by atoms with Crippen LogP contribution in [0.3, 0.4) is 0 Å². The second kappa shape index (κ2) is 8.22. The fraction of sp³-hybridized carbons (Fsp3) is 0.0476. The zero-order chi connectivity index (χ0) is 21.1. The molecular weight excluding hydrogens is 408 g/mol. The lowest BCUT2D eigenvalue weighted by molar-refractivity contribution is -0.384. The Morgan fingerprint density at radius 2 is 2.03 bits per heavy atom. The van der Waals surface area contributed by atoms with E-state index in [1.54, 1.807) is 24.3 Å². The van der Waals surface area contributed by atoms with Gasteiger partial charge in [-0.3, -0.25) is 14.9 Å². The number of nitro benzene ring substituents is 1. The summed E-state index contributed by atoms with van der Waals surface area (Å²) in [5.41, 5.74) is 2.06. The van der Waals surface area contributed by atoms with Crippen molar-refractivity contribution in [1.29, 1.82) is 0 Å². The normalized spacial score (nSPS) is 10.7. The molecule has 4 rings (SSSR count). The highest BCUT2D eigenvalue weighted by atomic mass is 35.5. The molecule has 2 heterocycles. The lowest BCUT2D eigenvalue weighted by atomic mass is 10.2. The van der Waals surface area contributed by atoms with E-state index in [2.05, 4.69) is 10.3 Å². The molecule has 0 aliphatic carbocycles. The van der Waals surface area contributed by atoms with Gasteiger partial charge >= 0.3 is 0 Å². The average Bonchev–Trinajstić information content (AvgIpc) is 3.15. The van der Waals surface area contributed by atoms with E-state index in [0.717, 1.165) is 17.4 Å². The summed E-state index contributed by atoms with van der Waals surface area (Å²) in [7, 11) is 0. The zero-order valence-corrected chi connectivity index (χ0v) is 16.2. The number of hydrogen-bond donors (Lipinski definition) is 1. The van der Waals surface area contributed by atoms with E-state index in [9.17, 15) is 14.9 Å². The molecule has 0 unspecified atom stereocenters. The second-order valence-electron chi connectivity index (χ2n) is 6.39. The smallest absolute Gasteiger partial charge is 0.270 e. The van der Waals surface area contributed by atoms with E-state index in [0.29, 0.717) is 11.4 Å². The molecule has 2 aromatic carbocycles.